The van der Waals surface area contributed by atoms with E-state index in [0.29, 0.717) is 5.78 Å². The predicted molar refractivity (Wildman–Crippen MR) is 68.6 cm³/mol. The Balaban J connectivity index is 2.86. The van der Waals surface area contributed by atoms with Crippen molar-refractivity contribution >= 4 is 5.78 Å². The van der Waals surface area contributed by atoms with Crippen LogP contribution in [0.4, 0.5) is 0 Å². The van der Waals surface area contributed by atoms with Crippen molar-refractivity contribution in [1.82, 2.24) is 0 Å². The van der Waals surface area contributed by atoms with Gasteiger partial charge in [-0.1, -0.05) is 51.1 Å². The van der Waals surface area contributed by atoms with Gasteiger partial charge in [-0.05, 0) is 24.8 Å². The van der Waals surface area contributed by atoms with Gasteiger partial charge in [0.05, 0.1) is 0 Å². The number of Topliss-reactive ketones (excluding diaryl/α,β-unsaturated/α-hetero) is 1. The molecule has 0 fully saturated rings. The molecule has 1 unspecified atom stereocenters. The van der Waals surface area contributed by atoms with Crippen molar-refractivity contribution in [3.05, 3.63) is 35.9 Å². The second-order valence-corrected chi connectivity index (χ2v) is 4.29. The van der Waals surface area contributed by atoms with Crippen molar-refractivity contribution in [3.8, 4) is 0 Å². The zero-order valence-corrected chi connectivity index (χ0v) is 10.6. The molecule has 1 nitrogen and oxygen atoms in total. The van der Waals surface area contributed by atoms with Crippen molar-refractivity contribution in [2.75, 3.05) is 0 Å². The van der Waals surface area contributed by atoms with Gasteiger partial charge in [0.25, 0.3) is 0 Å². The fourth-order valence-electron chi connectivity index (χ4n) is 2.26. The van der Waals surface area contributed by atoms with Crippen LogP contribution < -0.4 is 0 Å². The van der Waals surface area contributed by atoms with E-state index in [2.05, 4.69) is 32.9 Å². The zero-order valence-electron chi connectivity index (χ0n) is 10.6. The molecule has 1 aromatic carbocycles. The highest BCUT2D eigenvalue weighted by atomic mass is 16.1. The smallest absolute Gasteiger partial charge is 0.143 e. The van der Waals surface area contributed by atoms with Crippen molar-refractivity contribution in [3.63, 3.8) is 0 Å². The molecule has 0 saturated heterocycles. The number of hydrogen-bond acceptors (Lipinski definition) is 1. The van der Waals surface area contributed by atoms with E-state index in [-0.39, 0.29) is 11.8 Å². The lowest BCUT2D eigenvalue weighted by atomic mass is 9.83. The zero-order chi connectivity index (χ0) is 12.0. The van der Waals surface area contributed by atoms with Gasteiger partial charge in [0, 0.05) is 11.8 Å². The minimum atomic E-state index is 0.0890. The van der Waals surface area contributed by atoms with Crippen LogP contribution in [0.3, 0.4) is 0 Å². The first-order valence-electron chi connectivity index (χ1n) is 6.33. The fourth-order valence-corrected chi connectivity index (χ4v) is 2.26. The summed E-state index contributed by atoms with van der Waals surface area (Å²) in [6.07, 6.45) is 2.82. The molecule has 0 amide bonds. The summed E-state index contributed by atoms with van der Waals surface area (Å²) in [6, 6.07) is 10.1. The molecule has 0 aliphatic heterocycles. The molecule has 1 heteroatoms. The van der Waals surface area contributed by atoms with Crippen LogP contribution in [0, 0.1) is 5.92 Å². The lowest BCUT2D eigenvalue weighted by Gasteiger charge is -2.19. The van der Waals surface area contributed by atoms with Crippen LogP contribution in [0.15, 0.2) is 30.3 Å². The van der Waals surface area contributed by atoms with E-state index in [0.717, 1.165) is 19.3 Å². The molecule has 0 saturated carbocycles. The van der Waals surface area contributed by atoms with Crippen LogP contribution in [-0.4, -0.2) is 5.78 Å². The van der Waals surface area contributed by atoms with Crippen LogP contribution in [0.5, 0.6) is 0 Å². The number of ketones is 1. The van der Waals surface area contributed by atoms with E-state index < -0.39 is 0 Å². The normalized spacial score (nSPS) is 12.8. The highest BCUT2D eigenvalue weighted by Gasteiger charge is 2.24. The van der Waals surface area contributed by atoms with E-state index in [9.17, 15) is 4.79 Å². The average molecular weight is 218 g/mol. The molecule has 0 aliphatic rings. The maximum absolute atomic E-state index is 12.3. The van der Waals surface area contributed by atoms with Crippen molar-refractivity contribution in [1.29, 1.82) is 0 Å². The largest absolute Gasteiger partial charge is 0.299 e. The van der Waals surface area contributed by atoms with Crippen LogP contribution >= 0.6 is 0 Å². The average Bonchev–Trinajstić information content (AvgIpc) is 2.33. The summed E-state index contributed by atoms with van der Waals surface area (Å²) in [5.74, 6) is 0.731. The van der Waals surface area contributed by atoms with Crippen LogP contribution in [0.1, 0.15) is 51.5 Å². The Morgan fingerprint density at radius 3 is 2.00 bits per heavy atom. The maximum atomic E-state index is 12.3. The van der Waals surface area contributed by atoms with E-state index in [1.54, 1.807) is 0 Å². The molecule has 1 atom stereocenters. The highest BCUT2D eigenvalue weighted by Crippen LogP contribution is 2.26. The van der Waals surface area contributed by atoms with E-state index in [4.69, 9.17) is 0 Å². The summed E-state index contributed by atoms with van der Waals surface area (Å²) in [4.78, 5) is 12.3. The molecule has 16 heavy (non-hydrogen) atoms. The number of carbonyl (C=O) groups excluding carboxylic acids is 1. The summed E-state index contributed by atoms with van der Waals surface area (Å²) in [6.45, 7) is 6.30. The molecule has 0 N–H and O–H groups in total. The minimum Gasteiger partial charge on any atom is -0.299 e. The maximum Gasteiger partial charge on any atom is 0.143 e. The standard InChI is InChI=1S/C15H22O/c1-4-12(5-2)15(16)14(6-3)13-10-8-7-9-11-13/h7-12,14H,4-6H2,1-3H3. The van der Waals surface area contributed by atoms with E-state index in [1.165, 1.54) is 5.56 Å². The third-order valence-corrected chi connectivity index (χ3v) is 3.34. The SMILES string of the molecule is CCC(CC)C(=O)C(CC)c1ccccc1. The lowest BCUT2D eigenvalue weighted by Crippen LogP contribution is -2.20. The Bertz CT molecular complexity index is 311. The summed E-state index contributed by atoms with van der Waals surface area (Å²) in [5.41, 5.74) is 1.17. The van der Waals surface area contributed by atoms with Crippen LogP contribution in [0.25, 0.3) is 0 Å². The second-order valence-electron chi connectivity index (χ2n) is 4.29. The quantitative estimate of drug-likeness (QED) is 0.700. The first-order chi connectivity index (χ1) is 7.74. The van der Waals surface area contributed by atoms with Gasteiger partial charge in [-0.15, -0.1) is 0 Å². The Morgan fingerprint density at radius 1 is 1.00 bits per heavy atom. The molecule has 88 valence electrons. The van der Waals surface area contributed by atoms with Gasteiger partial charge in [-0.3, -0.25) is 4.79 Å². The summed E-state index contributed by atoms with van der Waals surface area (Å²) >= 11 is 0. The fraction of sp³-hybridized carbons (Fsp3) is 0.533. The minimum absolute atomic E-state index is 0.0890. The van der Waals surface area contributed by atoms with E-state index in [1.807, 2.05) is 18.2 Å². The van der Waals surface area contributed by atoms with Gasteiger partial charge >= 0.3 is 0 Å². The van der Waals surface area contributed by atoms with Gasteiger partial charge in [0.1, 0.15) is 5.78 Å². The second kappa shape index (κ2) is 6.47. The summed E-state index contributed by atoms with van der Waals surface area (Å²) in [7, 11) is 0. The Hall–Kier alpha value is -1.11. The van der Waals surface area contributed by atoms with Crippen molar-refractivity contribution in [2.45, 2.75) is 46.0 Å². The molecular formula is C15H22O. The first-order valence-corrected chi connectivity index (χ1v) is 6.33. The lowest BCUT2D eigenvalue weighted by molar-refractivity contribution is -0.124. The molecule has 0 spiro atoms. The predicted octanol–water partition coefficient (Wildman–Crippen LogP) is 4.19. The Labute approximate surface area is 98.9 Å². The third kappa shape index (κ3) is 2.94. The number of hydrogen-bond donors (Lipinski definition) is 0. The monoisotopic (exact) mass is 218 g/mol. The Kier molecular flexibility index (Phi) is 5.24. The van der Waals surface area contributed by atoms with Crippen molar-refractivity contribution in [2.24, 2.45) is 5.92 Å². The third-order valence-electron chi connectivity index (χ3n) is 3.34. The topological polar surface area (TPSA) is 17.1 Å². The van der Waals surface area contributed by atoms with Gasteiger partial charge < -0.3 is 0 Å². The first kappa shape index (κ1) is 13.0. The number of carbonyl (C=O) groups is 1. The van der Waals surface area contributed by atoms with Gasteiger partial charge in [-0.25, -0.2) is 0 Å². The van der Waals surface area contributed by atoms with Gasteiger partial charge in [0.2, 0.25) is 0 Å². The van der Waals surface area contributed by atoms with Crippen molar-refractivity contribution < 1.29 is 4.79 Å². The summed E-state index contributed by atoms with van der Waals surface area (Å²) in [5, 5.41) is 0. The molecule has 0 radical (unpaired) electrons. The van der Waals surface area contributed by atoms with Crippen LogP contribution in [-0.2, 0) is 4.79 Å². The van der Waals surface area contributed by atoms with Gasteiger partial charge in [-0.2, -0.15) is 0 Å². The van der Waals surface area contributed by atoms with Gasteiger partial charge in [0.15, 0.2) is 0 Å². The molecular weight excluding hydrogens is 196 g/mol. The molecule has 0 heterocycles. The molecule has 1 aromatic rings. The molecule has 0 aromatic heterocycles. The summed E-state index contributed by atoms with van der Waals surface area (Å²) < 4.78 is 0. The van der Waals surface area contributed by atoms with E-state index >= 15 is 0 Å². The Morgan fingerprint density at radius 2 is 1.56 bits per heavy atom. The number of rotatable bonds is 6. The molecule has 1 rings (SSSR count). The van der Waals surface area contributed by atoms with Crippen LogP contribution in [0.2, 0.25) is 0 Å². The number of benzene rings is 1. The molecule has 0 bridgehead atoms. The molecule has 0 aliphatic carbocycles. The highest BCUT2D eigenvalue weighted by molar-refractivity contribution is 5.87.